The first-order chi connectivity index (χ1) is 4.76. The van der Waals surface area contributed by atoms with Gasteiger partial charge in [-0.3, -0.25) is 0 Å². The molecule has 2 heteroatoms. The molecular weight excluding hydrogens is 159 g/mol. The topological polar surface area (TPSA) is 0 Å². The van der Waals surface area contributed by atoms with Gasteiger partial charge in [0.15, 0.2) is 0 Å². The van der Waals surface area contributed by atoms with Crippen molar-refractivity contribution in [2.45, 2.75) is 26.7 Å². The zero-order chi connectivity index (χ0) is 7.98. The third-order valence-corrected chi connectivity index (χ3v) is 2.61. The molecule has 0 bridgehead atoms. The molecule has 1 radical (unpaired) electrons. The van der Waals surface area contributed by atoms with Crippen LogP contribution in [0.25, 0.3) is 0 Å². The van der Waals surface area contributed by atoms with Crippen LogP contribution < -0.4 is 0 Å². The van der Waals surface area contributed by atoms with Crippen LogP contribution in [-0.4, -0.2) is 16.3 Å². The summed E-state index contributed by atoms with van der Waals surface area (Å²) < 4.78 is 1.46. The number of allylic oxidation sites excluding steroid dienone is 3. The van der Waals surface area contributed by atoms with Gasteiger partial charge in [0.2, 0.25) is 16.3 Å². The van der Waals surface area contributed by atoms with Crippen LogP contribution >= 0.6 is 11.6 Å². The van der Waals surface area contributed by atoms with Gasteiger partial charge in [0.05, 0.1) is 0 Å². The molecule has 0 aliphatic rings. The smallest absolute Gasteiger partial charge is 0.146 e. The van der Waals surface area contributed by atoms with Crippen molar-refractivity contribution < 1.29 is 0 Å². The molecule has 0 aromatic carbocycles. The Kier molecular flexibility index (Phi) is 6.22. The predicted molar refractivity (Wildman–Crippen MR) is 49.8 cm³/mol. The van der Waals surface area contributed by atoms with E-state index in [1.165, 1.54) is 10.0 Å². The first-order valence-corrected chi connectivity index (χ1v) is 4.71. The van der Waals surface area contributed by atoms with Crippen LogP contribution in [0.3, 0.4) is 0 Å². The molecule has 0 N–H and O–H groups in total. The second-order valence-electron chi connectivity index (χ2n) is 2.13. The first-order valence-electron chi connectivity index (χ1n) is 3.57. The van der Waals surface area contributed by atoms with Crippen molar-refractivity contribution in [3.63, 3.8) is 0 Å². The van der Waals surface area contributed by atoms with Gasteiger partial charge in [-0.05, 0) is 12.5 Å². The van der Waals surface area contributed by atoms with Crippen molar-refractivity contribution >= 4 is 27.9 Å². The van der Waals surface area contributed by atoms with Gasteiger partial charge in [0.1, 0.15) is 0 Å². The Bertz CT molecular complexity index is 147. The summed E-state index contributed by atoms with van der Waals surface area (Å²) >= 11 is 7.42. The summed E-state index contributed by atoms with van der Waals surface area (Å²) in [5.41, 5.74) is 2.96. The van der Waals surface area contributed by atoms with Crippen LogP contribution in [0.15, 0.2) is 21.6 Å². The molecule has 0 aliphatic carbocycles. The highest BCUT2D eigenvalue weighted by molar-refractivity contribution is 6.26. The molecule has 0 rings (SSSR count). The maximum Gasteiger partial charge on any atom is 0.216 e. The van der Waals surface area contributed by atoms with E-state index in [1.807, 2.05) is 22.4 Å². The van der Waals surface area contributed by atoms with Gasteiger partial charge in [0.25, 0.3) is 0 Å². The van der Waals surface area contributed by atoms with Gasteiger partial charge in [-0.15, -0.1) is 4.44 Å². The molecule has 0 nitrogen and oxygen atoms in total. The molecule has 55 valence electrons. The summed E-state index contributed by atoms with van der Waals surface area (Å²) in [4.78, 5) is 0. The third kappa shape index (κ3) is 3.47. The molecule has 0 heterocycles. The summed E-state index contributed by atoms with van der Waals surface area (Å²) in [6.45, 7) is 4.32. The summed E-state index contributed by atoms with van der Waals surface area (Å²) in [6, 6.07) is 0. The molecule has 0 aliphatic heterocycles. The second-order valence-corrected chi connectivity index (χ2v) is 3.23. The Morgan fingerprint density at radius 1 is 1.40 bits per heavy atom. The van der Waals surface area contributed by atoms with E-state index < -0.39 is 0 Å². The van der Waals surface area contributed by atoms with Crippen molar-refractivity contribution in [2.24, 2.45) is 0 Å². The molecule has 0 spiro atoms. The Morgan fingerprint density at radius 3 is 2.30 bits per heavy atom. The minimum atomic E-state index is 1.08. The maximum atomic E-state index is 5.46. The zero-order valence-electron chi connectivity index (χ0n) is 6.65. The fourth-order valence-electron chi connectivity index (χ4n) is 0.789. The van der Waals surface area contributed by atoms with Crippen molar-refractivity contribution in [1.29, 1.82) is 0 Å². The summed E-state index contributed by atoms with van der Waals surface area (Å²) in [5.74, 6) is 0. The molecule has 10 heavy (non-hydrogen) atoms. The summed E-state index contributed by atoms with van der Waals surface area (Å²) in [5, 5.41) is 0. The van der Waals surface area contributed by atoms with Gasteiger partial charge in [-0.2, -0.15) is 0 Å². The van der Waals surface area contributed by atoms with E-state index in [4.69, 9.17) is 11.6 Å². The van der Waals surface area contributed by atoms with Crippen LogP contribution in [0.4, 0.5) is 0 Å². The zero-order valence-corrected chi connectivity index (χ0v) is 8.82. The lowest BCUT2D eigenvalue weighted by molar-refractivity contribution is 1.08. The number of rotatable bonds is 3. The third-order valence-electron chi connectivity index (χ3n) is 1.53. The Balaban J connectivity index is 4.29. The van der Waals surface area contributed by atoms with Gasteiger partial charge < -0.3 is 0 Å². The van der Waals surface area contributed by atoms with E-state index >= 15 is 0 Å². The molecule has 0 saturated carbocycles. The molecule has 0 aromatic heterocycles. The van der Waals surface area contributed by atoms with E-state index in [-0.39, 0.29) is 0 Å². The van der Waals surface area contributed by atoms with Crippen LogP contribution in [0.1, 0.15) is 26.7 Å². The lowest BCUT2D eigenvalue weighted by atomic mass is 10.2. The fourth-order valence-corrected chi connectivity index (χ4v) is 1.31. The first kappa shape index (κ1) is 10.3. The molecular formula is C8H13AlCl. The van der Waals surface area contributed by atoms with Gasteiger partial charge in [0, 0.05) is 5.54 Å². The second kappa shape index (κ2) is 6.04. The van der Waals surface area contributed by atoms with Crippen molar-refractivity contribution in [3.05, 3.63) is 21.6 Å². The summed E-state index contributed by atoms with van der Waals surface area (Å²) in [7, 11) is 0. The molecule has 0 saturated heterocycles. The molecule has 0 fully saturated rings. The van der Waals surface area contributed by atoms with E-state index in [0.29, 0.717) is 0 Å². The van der Waals surface area contributed by atoms with Crippen LogP contribution in [0, 0.1) is 0 Å². The quantitative estimate of drug-likeness (QED) is 0.453. The van der Waals surface area contributed by atoms with Crippen molar-refractivity contribution in [2.75, 3.05) is 0 Å². The average molecular weight is 172 g/mol. The largest absolute Gasteiger partial charge is 0.216 e. The van der Waals surface area contributed by atoms with E-state index in [1.54, 1.807) is 5.54 Å². The molecule has 0 aromatic rings. The van der Waals surface area contributed by atoms with E-state index in [9.17, 15) is 0 Å². The maximum absolute atomic E-state index is 5.46. The van der Waals surface area contributed by atoms with Gasteiger partial charge >= 0.3 is 0 Å². The minimum absolute atomic E-state index is 1.08. The van der Waals surface area contributed by atoms with Gasteiger partial charge in [-0.25, -0.2) is 0 Å². The highest BCUT2D eigenvalue weighted by Crippen LogP contribution is 2.10. The number of halogens is 1. The van der Waals surface area contributed by atoms with E-state index in [2.05, 4.69) is 13.8 Å². The fraction of sp³-hybridized carbons (Fsp3) is 0.500. The van der Waals surface area contributed by atoms with Crippen LogP contribution in [0.5, 0.6) is 0 Å². The Labute approximate surface area is 76.4 Å². The number of hydrogen-bond donors (Lipinski definition) is 0. The monoisotopic (exact) mass is 171 g/mol. The minimum Gasteiger partial charge on any atom is -0.146 e. The predicted octanol–water partition coefficient (Wildman–Crippen LogP) is 2.71. The number of hydrogen-bond acceptors (Lipinski definition) is 0. The lowest BCUT2D eigenvalue weighted by Crippen LogP contribution is -1.85. The lowest BCUT2D eigenvalue weighted by Gasteiger charge is -2.02. The average Bonchev–Trinajstić information content (AvgIpc) is 1.99. The Morgan fingerprint density at radius 2 is 2.00 bits per heavy atom. The van der Waals surface area contributed by atoms with Gasteiger partial charge in [-0.1, -0.05) is 37.4 Å². The highest BCUT2D eigenvalue weighted by Gasteiger charge is 1.91. The van der Waals surface area contributed by atoms with Crippen LogP contribution in [-0.2, 0) is 0 Å². The normalized spacial score (nSPS) is 13.9. The Hall–Kier alpha value is 0.302. The SMILES string of the molecule is CC[C]([AlH])=C(C=CCl)CC. The van der Waals surface area contributed by atoms with Crippen molar-refractivity contribution in [1.82, 2.24) is 0 Å². The highest BCUT2D eigenvalue weighted by atomic mass is 35.5. The molecule has 0 unspecified atom stereocenters. The van der Waals surface area contributed by atoms with E-state index in [0.717, 1.165) is 12.8 Å². The standard InChI is InChI=1S/C8H12Cl.Al.H/c1-3-5-8(4-2)6-7-9;;/h6-7H,3-4H2,1-2H3;;. The molecule has 0 amide bonds. The van der Waals surface area contributed by atoms with Crippen molar-refractivity contribution in [3.8, 4) is 0 Å². The molecule has 0 atom stereocenters. The van der Waals surface area contributed by atoms with Crippen LogP contribution in [0.2, 0.25) is 0 Å². The summed E-state index contributed by atoms with van der Waals surface area (Å²) in [6.07, 6.45) is 4.19.